The van der Waals surface area contributed by atoms with E-state index in [1.54, 1.807) is 31.2 Å². The van der Waals surface area contributed by atoms with E-state index < -0.39 is 23.1 Å². The van der Waals surface area contributed by atoms with Gasteiger partial charge in [0.05, 0.1) is 18.2 Å². The molecule has 7 nitrogen and oxygen atoms in total. The molecule has 1 aromatic heterocycles. The third-order valence-corrected chi connectivity index (χ3v) is 6.22. The molecule has 1 atom stereocenters. The fraction of sp³-hybridized carbons (Fsp3) is 0.250. The van der Waals surface area contributed by atoms with Crippen molar-refractivity contribution in [3.05, 3.63) is 80.7 Å². The Labute approximate surface area is 177 Å². The molecular weight excluding hydrogens is 394 g/mol. The molecule has 0 spiro atoms. The highest BCUT2D eigenvalue weighted by atomic mass is 16.4. The van der Waals surface area contributed by atoms with Gasteiger partial charge >= 0.3 is 11.7 Å². The lowest BCUT2D eigenvalue weighted by molar-refractivity contribution is -0.131. The van der Waals surface area contributed by atoms with E-state index in [1.165, 1.54) is 17.2 Å². The van der Waals surface area contributed by atoms with Crippen molar-refractivity contribution in [1.82, 2.24) is 10.2 Å². The maximum atomic E-state index is 13.3. The van der Waals surface area contributed by atoms with E-state index >= 15 is 0 Å². The van der Waals surface area contributed by atoms with Gasteiger partial charge in [-0.2, -0.15) is 5.26 Å². The summed E-state index contributed by atoms with van der Waals surface area (Å²) in [5, 5.41) is 12.7. The zero-order valence-corrected chi connectivity index (χ0v) is 16.9. The van der Waals surface area contributed by atoms with Crippen LogP contribution in [0.4, 0.5) is 4.79 Å². The molecule has 1 N–H and O–H groups in total. The third-order valence-electron chi connectivity index (χ3n) is 6.22. The van der Waals surface area contributed by atoms with Crippen molar-refractivity contribution >= 4 is 22.9 Å². The van der Waals surface area contributed by atoms with Crippen LogP contribution in [0, 0.1) is 11.3 Å². The van der Waals surface area contributed by atoms with Crippen LogP contribution in [0.3, 0.4) is 0 Å². The minimum atomic E-state index is -1.29. The van der Waals surface area contributed by atoms with Crippen LogP contribution in [0.5, 0.6) is 0 Å². The smallest absolute Gasteiger partial charge is 0.336 e. The topological polar surface area (TPSA) is 103 Å². The average Bonchev–Trinajstić information content (AvgIpc) is 3.30. The predicted octanol–water partition coefficient (Wildman–Crippen LogP) is 3.12. The fourth-order valence-corrected chi connectivity index (χ4v) is 4.53. The molecule has 3 amide bonds. The van der Waals surface area contributed by atoms with Gasteiger partial charge in [-0.25, -0.2) is 9.59 Å². The molecule has 1 unspecified atom stereocenters. The van der Waals surface area contributed by atoms with Crippen molar-refractivity contribution in [2.75, 3.05) is 0 Å². The van der Waals surface area contributed by atoms with Crippen molar-refractivity contribution in [1.29, 1.82) is 5.26 Å². The quantitative estimate of drug-likeness (QED) is 0.525. The summed E-state index contributed by atoms with van der Waals surface area (Å²) in [6.45, 7) is 1.58. The number of hydrogen-bond donors (Lipinski definition) is 1. The third kappa shape index (κ3) is 2.99. The summed E-state index contributed by atoms with van der Waals surface area (Å²) in [6, 6.07) is 13.4. The normalized spacial score (nSPS) is 20.1. The fourth-order valence-electron chi connectivity index (χ4n) is 4.53. The molecule has 0 radical (unpaired) electrons. The Bertz CT molecular complexity index is 1370. The zero-order valence-electron chi connectivity index (χ0n) is 16.9. The highest BCUT2D eigenvalue weighted by Gasteiger charge is 2.49. The zero-order chi connectivity index (χ0) is 21.8. The number of nitrogens with zero attached hydrogens (tertiary/aromatic N) is 2. The Hall–Kier alpha value is -3.92. The summed E-state index contributed by atoms with van der Waals surface area (Å²) >= 11 is 0. The summed E-state index contributed by atoms with van der Waals surface area (Å²) in [7, 11) is 0. The SMILES string of the molecule is CC1(c2cccc(C#N)c2)NC(=O)N(Cc2cc(=O)oc3cc4c(cc23)CCC4)C1=O. The van der Waals surface area contributed by atoms with Crippen LogP contribution >= 0.6 is 0 Å². The van der Waals surface area contributed by atoms with Crippen molar-refractivity contribution in [2.24, 2.45) is 0 Å². The van der Waals surface area contributed by atoms with E-state index in [0.29, 0.717) is 22.3 Å². The van der Waals surface area contributed by atoms with E-state index in [4.69, 9.17) is 4.42 Å². The van der Waals surface area contributed by atoms with E-state index in [9.17, 15) is 19.6 Å². The molecule has 1 saturated heterocycles. The molecule has 1 fully saturated rings. The first kappa shape index (κ1) is 19.1. The molecule has 0 saturated carbocycles. The van der Waals surface area contributed by atoms with Gasteiger partial charge in [0.25, 0.3) is 5.91 Å². The molecule has 2 aliphatic rings. The van der Waals surface area contributed by atoms with E-state index in [0.717, 1.165) is 29.5 Å². The van der Waals surface area contributed by atoms with Crippen LogP contribution in [-0.4, -0.2) is 16.8 Å². The summed E-state index contributed by atoms with van der Waals surface area (Å²) in [6.07, 6.45) is 2.96. The summed E-state index contributed by atoms with van der Waals surface area (Å²) < 4.78 is 5.39. The molecule has 0 bridgehead atoms. The summed E-state index contributed by atoms with van der Waals surface area (Å²) in [4.78, 5) is 39.3. The number of urea groups is 1. The number of hydrogen-bond acceptors (Lipinski definition) is 5. The van der Waals surface area contributed by atoms with Gasteiger partial charge in [-0.15, -0.1) is 0 Å². The first-order valence-electron chi connectivity index (χ1n) is 10.1. The second kappa shape index (κ2) is 6.81. The van der Waals surface area contributed by atoms with Crippen molar-refractivity contribution in [3.63, 3.8) is 0 Å². The van der Waals surface area contributed by atoms with E-state index in [2.05, 4.69) is 5.32 Å². The van der Waals surface area contributed by atoms with Crippen molar-refractivity contribution in [3.8, 4) is 6.07 Å². The van der Waals surface area contributed by atoms with Gasteiger partial charge < -0.3 is 9.73 Å². The molecule has 2 heterocycles. The molecule has 7 heteroatoms. The Morgan fingerprint density at radius 1 is 1.13 bits per heavy atom. The van der Waals surface area contributed by atoms with Crippen molar-refractivity contribution in [2.45, 2.75) is 38.3 Å². The number of imide groups is 1. The maximum absolute atomic E-state index is 13.3. The minimum Gasteiger partial charge on any atom is -0.423 e. The highest BCUT2D eigenvalue weighted by Crippen LogP contribution is 2.32. The molecular formula is C24H19N3O4. The highest BCUT2D eigenvalue weighted by molar-refractivity contribution is 6.07. The van der Waals surface area contributed by atoms with Crippen LogP contribution in [-0.2, 0) is 29.7 Å². The summed E-state index contributed by atoms with van der Waals surface area (Å²) in [5.74, 6) is -0.435. The average molecular weight is 413 g/mol. The first-order chi connectivity index (χ1) is 14.9. The Morgan fingerprint density at radius 2 is 1.90 bits per heavy atom. The van der Waals surface area contributed by atoms with Crippen LogP contribution in [0.15, 0.2) is 51.7 Å². The maximum Gasteiger partial charge on any atom is 0.336 e. The van der Waals surface area contributed by atoms with Crippen molar-refractivity contribution < 1.29 is 14.0 Å². The minimum absolute atomic E-state index is 0.0426. The van der Waals surface area contributed by atoms with Gasteiger partial charge in [0.15, 0.2) is 0 Å². The number of benzene rings is 2. The van der Waals surface area contributed by atoms with Gasteiger partial charge in [0, 0.05) is 11.5 Å². The van der Waals surface area contributed by atoms with E-state index in [-0.39, 0.29) is 6.54 Å². The van der Waals surface area contributed by atoms with Crippen LogP contribution in [0.25, 0.3) is 11.0 Å². The summed E-state index contributed by atoms with van der Waals surface area (Å²) in [5.41, 5.74) is 2.55. The molecule has 1 aliphatic heterocycles. The van der Waals surface area contributed by atoms with E-state index in [1.807, 2.05) is 18.2 Å². The molecule has 3 aromatic rings. The van der Waals surface area contributed by atoms with Gasteiger partial charge in [0.1, 0.15) is 11.1 Å². The number of rotatable bonds is 3. The molecule has 31 heavy (non-hydrogen) atoms. The van der Waals surface area contributed by atoms with Gasteiger partial charge in [-0.3, -0.25) is 9.69 Å². The molecule has 2 aromatic carbocycles. The number of carbonyl (C=O) groups excluding carboxylic acids is 2. The second-order valence-corrected chi connectivity index (χ2v) is 8.20. The molecule has 5 rings (SSSR count). The number of nitriles is 1. The lowest BCUT2D eigenvalue weighted by atomic mass is 9.91. The number of amides is 3. The number of fused-ring (bicyclic) bond motifs is 2. The number of aryl methyl sites for hydroxylation is 2. The Balaban J connectivity index is 1.54. The van der Waals surface area contributed by atoms with Gasteiger partial charge in [0.2, 0.25) is 0 Å². The van der Waals surface area contributed by atoms with Gasteiger partial charge in [-0.1, -0.05) is 12.1 Å². The standard InChI is InChI=1S/C24H19N3O4/c1-24(18-7-2-4-14(8-18)12-25)22(29)27(23(30)26-24)13-17-11-21(28)31-20-10-16-6-3-5-15(16)9-19(17)20/h2,4,7-11H,3,5-6,13H2,1H3,(H,26,30). The Morgan fingerprint density at radius 3 is 2.68 bits per heavy atom. The molecule has 154 valence electrons. The second-order valence-electron chi connectivity index (χ2n) is 8.20. The number of nitrogens with one attached hydrogen (secondary N) is 1. The monoisotopic (exact) mass is 413 g/mol. The predicted molar refractivity (Wildman–Crippen MR) is 112 cm³/mol. The van der Waals surface area contributed by atoms with Crippen LogP contribution in [0.1, 0.15) is 41.2 Å². The van der Waals surface area contributed by atoms with Crippen LogP contribution in [0.2, 0.25) is 0 Å². The lowest BCUT2D eigenvalue weighted by Gasteiger charge is -2.22. The van der Waals surface area contributed by atoms with Gasteiger partial charge in [-0.05, 0) is 72.7 Å². The Kier molecular flexibility index (Phi) is 4.19. The largest absolute Gasteiger partial charge is 0.423 e. The lowest BCUT2D eigenvalue weighted by Crippen LogP contribution is -2.40. The van der Waals surface area contributed by atoms with Crippen LogP contribution < -0.4 is 10.9 Å². The number of carbonyl (C=O) groups is 2. The molecule has 1 aliphatic carbocycles. The first-order valence-corrected chi connectivity index (χ1v) is 10.1.